The summed E-state index contributed by atoms with van der Waals surface area (Å²) in [5.74, 6) is 0.223. The number of carbonyl (C=O) groups excluding carboxylic acids is 2. The molecule has 0 bridgehead atoms. The normalized spacial score (nSPS) is 41.9. The topological polar surface area (TPSA) is 49.4 Å². The van der Waals surface area contributed by atoms with Crippen LogP contribution in [0.5, 0.6) is 0 Å². The van der Waals surface area contributed by atoms with Gasteiger partial charge in [0.2, 0.25) is 0 Å². The third kappa shape index (κ3) is 3.28. The van der Waals surface area contributed by atoms with Gasteiger partial charge in [-0.3, -0.25) is 9.59 Å². The summed E-state index contributed by atoms with van der Waals surface area (Å²) in [6.45, 7) is 3.11. The molecule has 4 rings (SSSR count). The van der Waals surface area contributed by atoms with Gasteiger partial charge in [-0.15, -0.1) is 0 Å². The Hall–Kier alpha value is -1.53. The van der Waals surface area contributed by atoms with Gasteiger partial charge in [-0.1, -0.05) is 26.3 Å². The maximum Gasteiger partial charge on any atom is 0.405 e. The Morgan fingerprint density at radius 3 is 2.59 bits per heavy atom. The van der Waals surface area contributed by atoms with E-state index in [0.29, 0.717) is 23.2 Å². The summed E-state index contributed by atoms with van der Waals surface area (Å²) < 4.78 is 37.7. The first-order valence-electron chi connectivity index (χ1n) is 10.8. The number of nitrogens with one attached hydrogen (secondary N) is 1. The molecule has 7 heteroatoms. The summed E-state index contributed by atoms with van der Waals surface area (Å²) in [5, 5.41) is 1.89. The molecule has 0 aromatic carbocycles. The molecule has 0 radical (unpaired) electrons. The molecule has 0 aromatic rings. The van der Waals surface area contributed by atoms with E-state index < -0.39 is 24.5 Å². The minimum atomic E-state index is -4.50. The first-order chi connectivity index (χ1) is 13.5. The van der Waals surface area contributed by atoms with E-state index in [0.717, 1.165) is 25.7 Å². The van der Waals surface area contributed by atoms with Gasteiger partial charge >= 0.3 is 6.18 Å². The van der Waals surface area contributed by atoms with Crippen molar-refractivity contribution >= 4 is 11.8 Å². The molecule has 4 nitrogen and oxygen atoms in total. The van der Waals surface area contributed by atoms with Crippen LogP contribution >= 0.6 is 0 Å². The minimum Gasteiger partial charge on any atom is -0.343 e. The highest BCUT2D eigenvalue weighted by Gasteiger charge is 2.59. The first kappa shape index (κ1) is 20.7. The molecule has 0 saturated heterocycles. The van der Waals surface area contributed by atoms with E-state index in [1.54, 1.807) is 18.0 Å². The number of hydrogen-bond donors (Lipinski definition) is 1. The Morgan fingerprint density at radius 1 is 1.17 bits per heavy atom. The number of likely N-dealkylation sites (N-methyl/N-ethyl adjacent to an activating group) is 1. The molecule has 1 heterocycles. The summed E-state index contributed by atoms with van der Waals surface area (Å²) in [6, 6.07) is 0.00109. The number of halogens is 3. The Kier molecular flexibility index (Phi) is 4.82. The summed E-state index contributed by atoms with van der Waals surface area (Å²) in [6.07, 6.45) is 5.22. The molecule has 1 aliphatic heterocycles. The summed E-state index contributed by atoms with van der Waals surface area (Å²) in [5.41, 5.74) is -0.103. The molecule has 3 saturated carbocycles. The number of alkyl halides is 3. The Morgan fingerprint density at radius 2 is 1.90 bits per heavy atom. The molecular formula is C22H31F3N2O2. The van der Waals surface area contributed by atoms with Crippen LogP contribution in [0.15, 0.2) is 11.6 Å². The van der Waals surface area contributed by atoms with Crippen LogP contribution < -0.4 is 5.32 Å². The van der Waals surface area contributed by atoms with Gasteiger partial charge < -0.3 is 10.2 Å². The van der Waals surface area contributed by atoms with E-state index in [1.807, 2.05) is 5.32 Å². The molecule has 162 valence electrons. The lowest BCUT2D eigenvalue weighted by molar-refractivity contribution is -0.144. The molecule has 3 aliphatic carbocycles. The number of hydrogen-bond acceptors (Lipinski definition) is 2. The van der Waals surface area contributed by atoms with Crippen molar-refractivity contribution in [2.24, 2.45) is 28.6 Å². The molecule has 2 amide bonds. The molecule has 4 aliphatic rings. The maximum atomic E-state index is 12.8. The van der Waals surface area contributed by atoms with Gasteiger partial charge in [0.1, 0.15) is 12.1 Å². The predicted molar refractivity (Wildman–Crippen MR) is 103 cm³/mol. The minimum absolute atomic E-state index is 0.00109. The second kappa shape index (κ2) is 6.74. The fourth-order valence-corrected chi connectivity index (χ4v) is 7.32. The van der Waals surface area contributed by atoms with Crippen LogP contribution in [0.2, 0.25) is 0 Å². The van der Waals surface area contributed by atoms with E-state index >= 15 is 0 Å². The Bertz CT molecular complexity index is 749. The monoisotopic (exact) mass is 412 g/mol. The molecule has 29 heavy (non-hydrogen) atoms. The zero-order valence-corrected chi connectivity index (χ0v) is 17.4. The number of carbonyl (C=O) groups is 2. The number of amides is 2. The van der Waals surface area contributed by atoms with Crippen LogP contribution in [0.1, 0.15) is 58.8 Å². The zero-order chi connectivity index (χ0) is 21.2. The third-order valence-electron chi connectivity index (χ3n) is 8.68. The highest BCUT2D eigenvalue weighted by molar-refractivity contribution is 6.19. The van der Waals surface area contributed by atoms with Gasteiger partial charge in [0.05, 0.1) is 0 Å². The molecule has 3 fully saturated rings. The van der Waals surface area contributed by atoms with Crippen molar-refractivity contribution < 1.29 is 22.8 Å². The molecular weight excluding hydrogens is 381 g/mol. The van der Waals surface area contributed by atoms with Crippen molar-refractivity contribution in [3.63, 3.8) is 0 Å². The Labute approximate surface area is 170 Å². The van der Waals surface area contributed by atoms with Gasteiger partial charge in [0.25, 0.3) is 11.8 Å². The van der Waals surface area contributed by atoms with Crippen LogP contribution in [0, 0.1) is 28.6 Å². The quantitative estimate of drug-likeness (QED) is 0.696. The lowest BCUT2D eigenvalue weighted by Crippen LogP contribution is -2.61. The average Bonchev–Trinajstić information content (AvgIpc) is 3.04. The van der Waals surface area contributed by atoms with Crippen LogP contribution in [-0.2, 0) is 9.59 Å². The second-order valence-corrected chi connectivity index (χ2v) is 10.2. The standard InChI is InChI=1S/C22H31F3N2O2/c1-20-9-4-5-15(20)13-6-7-17-21(2,16(13)8-10-20)11-14(19(29)27(17)3)18(28)26-12-22(23,24)25/h11,13,15-17H,4-10,12H2,1-3H3,(H,26,28)/t13-,15-,16+,17?,20-,21+/m0/s1. The van der Waals surface area contributed by atoms with Crippen LogP contribution in [0.25, 0.3) is 0 Å². The van der Waals surface area contributed by atoms with Crippen molar-refractivity contribution in [1.82, 2.24) is 10.2 Å². The highest BCUT2D eigenvalue weighted by Crippen LogP contribution is 2.64. The fraction of sp³-hybridized carbons (Fsp3) is 0.818. The molecule has 6 atom stereocenters. The van der Waals surface area contributed by atoms with Crippen molar-refractivity contribution in [3.05, 3.63) is 11.6 Å². The lowest BCUT2D eigenvalue weighted by Gasteiger charge is -2.60. The van der Waals surface area contributed by atoms with Crippen LogP contribution in [0.3, 0.4) is 0 Å². The van der Waals surface area contributed by atoms with E-state index in [4.69, 9.17) is 0 Å². The average molecular weight is 412 g/mol. The van der Waals surface area contributed by atoms with Gasteiger partial charge in [0, 0.05) is 18.5 Å². The zero-order valence-electron chi connectivity index (χ0n) is 17.4. The van der Waals surface area contributed by atoms with Crippen LogP contribution in [-0.4, -0.2) is 42.5 Å². The maximum absolute atomic E-state index is 12.8. The first-order valence-corrected chi connectivity index (χ1v) is 10.8. The molecule has 1 unspecified atom stereocenters. The van der Waals surface area contributed by atoms with Gasteiger partial charge in [0.15, 0.2) is 0 Å². The summed E-state index contributed by atoms with van der Waals surface area (Å²) in [7, 11) is 1.69. The largest absolute Gasteiger partial charge is 0.405 e. The van der Waals surface area contributed by atoms with Crippen molar-refractivity contribution in [3.8, 4) is 0 Å². The fourth-order valence-electron chi connectivity index (χ4n) is 7.32. The van der Waals surface area contributed by atoms with Crippen LogP contribution in [0.4, 0.5) is 13.2 Å². The van der Waals surface area contributed by atoms with Crippen molar-refractivity contribution in [2.45, 2.75) is 71.0 Å². The van der Waals surface area contributed by atoms with E-state index in [-0.39, 0.29) is 17.0 Å². The molecule has 0 aromatic heterocycles. The van der Waals surface area contributed by atoms with E-state index in [9.17, 15) is 22.8 Å². The molecule has 1 N–H and O–H groups in total. The summed E-state index contributed by atoms with van der Waals surface area (Å²) in [4.78, 5) is 26.9. The molecule has 0 spiro atoms. The highest BCUT2D eigenvalue weighted by atomic mass is 19.4. The smallest absolute Gasteiger partial charge is 0.343 e. The predicted octanol–water partition coefficient (Wildman–Crippen LogP) is 4.06. The Balaban J connectivity index is 1.65. The van der Waals surface area contributed by atoms with Crippen molar-refractivity contribution in [1.29, 1.82) is 0 Å². The van der Waals surface area contributed by atoms with Gasteiger partial charge in [-0.2, -0.15) is 13.2 Å². The second-order valence-electron chi connectivity index (χ2n) is 10.2. The lowest BCUT2D eigenvalue weighted by atomic mass is 9.48. The third-order valence-corrected chi connectivity index (χ3v) is 8.68. The summed E-state index contributed by atoms with van der Waals surface area (Å²) >= 11 is 0. The number of fused-ring (bicyclic) bond motifs is 5. The van der Waals surface area contributed by atoms with E-state index in [2.05, 4.69) is 13.8 Å². The number of nitrogens with zero attached hydrogens (tertiary/aromatic N) is 1. The van der Waals surface area contributed by atoms with E-state index in [1.165, 1.54) is 19.3 Å². The number of rotatable bonds is 2. The SMILES string of the molecule is CN1C(=O)C(C(=O)NCC(F)(F)F)=C[C@@]2(C)C1CC[C@@H]1[C@H]2CC[C@]2(C)CCC[C@@H]12. The van der Waals surface area contributed by atoms with Crippen molar-refractivity contribution in [2.75, 3.05) is 13.6 Å². The van der Waals surface area contributed by atoms with Gasteiger partial charge in [-0.05, 0) is 61.7 Å². The van der Waals surface area contributed by atoms with Gasteiger partial charge in [-0.25, -0.2) is 0 Å².